The number of hydrogen-bond donors (Lipinski definition) is 2. The van der Waals surface area contributed by atoms with Gasteiger partial charge in [0.1, 0.15) is 17.5 Å². The number of pyridine rings is 2. The monoisotopic (exact) mass is 294 g/mol. The number of nitrogens with one attached hydrogen (secondary N) is 2. The number of anilines is 2. The van der Waals surface area contributed by atoms with Gasteiger partial charge in [-0.05, 0) is 25.1 Å². The minimum Gasteiger partial charge on any atom is -0.370 e. The fourth-order valence-electron chi connectivity index (χ4n) is 1.55. The Balaban J connectivity index is 2.23. The van der Waals surface area contributed by atoms with E-state index in [4.69, 9.17) is 11.6 Å². The third-order valence-corrected chi connectivity index (χ3v) is 2.64. The lowest BCUT2D eigenvalue weighted by molar-refractivity contribution is 0.102. The summed E-state index contributed by atoms with van der Waals surface area (Å²) in [5.41, 5.74) is 0.114. The molecule has 2 N–H and O–H groups in total. The molecule has 5 nitrogen and oxygen atoms in total. The second-order valence-corrected chi connectivity index (χ2v) is 4.33. The highest BCUT2D eigenvalue weighted by Gasteiger charge is 2.14. The number of carbonyl (C=O) groups excluding carboxylic acids is 1. The summed E-state index contributed by atoms with van der Waals surface area (Å²) in [6.07, 6.45) is 2.46. The smallest absolute Gasteiger partial charge is 0.260 e. The topological polar surface area (TPSA) is 66.9 Å². The Labute approximate surface area is 120 Å². The molecule has 0 spiro atoms. The van der Waals surface area contributed by atoms with Crippen LogP contribution in [0, 0.1) is 5.82 Å². The Morgan fingerprint density at radius 2 is 2.15 bits per heavy atom. The maximum Gasteiger partial charge on any atom is 0.260 e. The largest absolute Gasteiger partial charge is 0.370 e. The van der Waals surface area contributed by atoms with Crippen molar-refractivity contribution in [2.75, 3.05) is 17.2 Å². The first-order valence-corrected chi connectivity index (χ1v) is 6.30. The van der Waals surface area contributed by atoms with Crippen molar-refractivity contribution < 1.29 is 9.18 Å². The summed E-state index contributed by atoms with van der Waals surface area (Å²) in [4.78, 5) is 19.9. The summed E-state index contributed by atoms with van der Waals surface area (Å²) in [6, 6.07) is 4.27. The Hall–Kier alpha value is -2.21. The van der Waals surface area contributed by atoms with Crippen molar-refractivity contribution >= 4 is 29.1 Å². The van der Waals surface area contributed by atoms with Gasteiger partial charge in [0.2, 0.25) is 0 Å². The van der Waals surface area contributed by atoms with Crippen LogP contribution in [0.15, 0.2) is 30.6 Å². The third-order valence-electron chi connectivity index (χ3n) is 2.41. The van der Waals surface area contributed by atoms with E-state index < -0.39 is 11.7 Å². The molecule has 20 heavy (non-hydrogen) atoms. The number of amides is 1. The van der Waals surface area contributed by atoms with Crippen LogP contribution in [-0.2, 0) is 0 Å². The number of halogens is 2. The van der Waals surface area contributed by atoms with Gasteiger partial charge in [0.25, 0.3) is 5.91 Å². The van der Waals surface area contributed by atoms with Gasteiger partial charge in [-0.1, -0.05) is 11.6 Å². The van der Waals surface area contributed by atoms with E-state index in [2.05, 4.69) is 20.6 Å². The van der Waals surface area contributed by atoms with E-state index in [0.29, 0.717) is 23.2 Å². The lowest BCUT2D eigenvalue weighted by atomic mass is 10.2. The molecule has 104 valence electrons. The second-order valence-electron chi connectivity index (χ2n) is 3.90. The van der Waals surface area contributed by atoms with Crippen molar-refractivity contribution in [3.8, 4) is 0 Å². The van der Waals surface area contributed by atoms with Gasteiger partial charge in [0.15, 0.2) is 0 Å². The van der Waals surface area contributed by atoms with Crippen molar-refractivity contribution in [2.24, 2.45) is 0 Å². The molecular formula is C13H12ClFN4O. The fraction of sp³-hybridized carbons (Fsp3) is 0.154. The predicted molar refractivity (Wildman–Crippen MR) is 75.6 cm³/mol. The highest BCUT2D eigenvalue weighted by atomic mass is 35.5. The molecule has 2 heterocycles. The van der Waals surface area contributed by atoms with Crippen LogP contribution >= 0.6 is 11.6 Å². The van der Waals surface area contributed by atoms with Crippen LogP contribution in [0.3, 0.4) is 0 Å². The number of carbonyl (C=O) groups is 1. The van der Waals surface area contributed by atoms with Gasteiger partial charge >= 0.3 is 0 Å². The molecule has 2 aromatic heterocycles. The van der Waals surface area contributed by atoms with Crippen LogP contribution in [0.1, 0.15) is 17.3 Å². The zero-order chi connectivity index (χ0) is 14.5. The zero-order valence-corrected chi connectivity index (χ0v) is 11.4. The Kier molecular flexibility index (Phi) is 4.47. The average Bonchev–Trinajstić information content (AvgIpc) is 2.43. The van der Waals surface area contributed by atoms with Gasteiger partial charge < -0.3 is 10.6 Å². The van der Waals surface area contributed by atoms with Crippen molar-refractivity contribution in [3.63, 3.8) is 0 Å². The molecule has 2 aromatic rings. The van der Waals surface area contributed by atoms with E-state index in [1.54, 1.807) is 12.1 Å². The molecular weight excluding hydrogens is 283 g/mol. The summed E-state index contributed by atoms with van der Waals surface area (Å²) < 4.78 is 13.2. The van der Waals surface area contributed by atoms with Crippen LogP contribution in [0.2, 0.25) is 5.02 Å². The Morgan fingerprint density at radius 1 is 1.35 bits per heavy atom. The first kappa shape index (κ1) is 14.2. The molecule has 0 aliphatic carbocycles. The molecule has 2 rings (SSSR count). The van der Waals surface area contributed by atoms with Gasteiger partial charge in [0, 0.05) is 12.7 Å². The maximum atomic E-state index is 13.2. The van der Waals surface area contributed by atoms with E-state index >= 15 is 0 Å². The molecule has 0 aromatic carbocycles. The number of nitrogens with zero attached hydrogens (tertiary/aromatic N) is 2. The van der Waals surface area contributed by atoms with Gasteiger partial charge in [-0.25, -0.2) is 14.4 Å². The maximum absolute atomic E-state index is 13.2. The highest BCUT2D eigenvalue weighted by Crippen LogP contribution is 2.16. The van der Waals surface area contributed by atoms with Crippen LogP contribution < -0.4 is 10.6 Å². The zero-order valence-electron chi connectivity index (χ0n) is 10.7. The molecule has 0 aliphatic heterocycles. The van der Waals surface area contributed by atoms with Gasteiger partial charge in [0.05, 0.1) is 16.8 Å². The van der Waals surface area contributed by atoms with Gasteiger partial charge in [-0.3, -0.25) is 4.79 Å². The van der Waals surface area contributed by atoms with E-state index in [1.165, 1.54) is 6.20 Å². The van der Waals surface area contributed by atoms with E-state index in [1.807, 2.05) is 6.92 Å². The van der Waals surface area contributed by atoms with Crippen molar-refractivity contribution in [1.29, 1.82) is 0 Å². The van der Waals surface area contributed by atoms with E-state index in [-0.39, 0.29) is 5.56 Å². The highest BCUT2D eigenvalue weighted by molar-refractivity contribution is 6.30. The van der Waals surface area contributed by atoms with Crippen molar-refractivity contribution in [2.45, 2.75) is 6.92 Å². The molecule has 0 radical (unpaired) electrons. The van der Waals surface area contributed by atoms with E-state index in [9.17, 15) is 9.18 Å². The lowest BCUT2D eigenvalue weighted by Crippen LogP contribution is -2.16. The minimum absolute atomic E-state index is 0.114. The van der Waals surface area contributed by atoms with Crippen LogP contribution in [-0.4, -0.2) is 22.4 Å². The normalized spacial score (nSPS) is 10.2. The first-order chi connectivity index (χ1) is 9.60. The first-order valence-electron chi connectivity index (χ1n) is 5.92. The van der Waals surface area contributed by atoms with Crippen molar-refractivity contribution in [1.82, 2.24) is 9.97 Å². The summed E-state index contributed by atoms with van der Waals surface area (Å²) in [6.45, 7) is 2.42. The Morgan fingerprint density at radius 3 is 2.80 bits per heavy atom. The quantitative estimate of drug-likeness (QED) is 0.910. The SMILES string of the molecule is CCNc1ncc(F)cc1C(=O)Nc1ccc(Cl)cn1. The van der Waals surface area contributed by atoms with E-state index in [0.717, 1.165) is 12.3 Å². The molecule has 0 aliphatic rings. The van der Waals surface area contributed by atoms with Gasteiger partial charge in [-0.15, -0.1) is 0 Å². The number of aromatic nitrogens is 2. The molecule has 1 amide bonds. The minimum atomic E-state index is -0.583. The Bertz CT molecular complexity index is 618. The number of hydrogen-bond acceptors (Lipinski definition) is 4. The molecule has 0 unspecified atom stereocenters. The second kappa shape index (κ2) is 6.29. The molecule has 7 heteroatoms. The molecule has 0 fully saturated rings. The summed E-state index contributed by atoms with van der Waals surface area (Å²) >= 11 is 5.71. The number of rotatable bonds is 4. The summed E-state index contributed by atoms with van der Waals surface area (Å²) in [7, 11) is 0. The third kappa shape index (κ3) is 3.42. The van der Waals surface area contributed by atoms with Crippen LogP contribution in [0.25, 0.3) is 0 Å². The van der Waals surface area contributed by atoms with Gasteiger partial charge in [-0.2, -0.15) is 0 Å². The molecule has 0 saturated heterocycles. The fourth-order valence-corrected chi connectivity index (χ4v) is 1.67. The molecule has 0 atom stereocenters. The van der Waals surface area contributed by atoms with Crippen LogP contribution in [0.5, 0.6) is 0 Å². The van der Waals surface area contributed by atoms with Crippen molar-refractivity contribution in [3.05, 3.63) is 47.0 Å². The summed E-state index contributed by atoms with van der Waals surface area (Å²) in [5, 5.41) is 5.92. The average molecular weight is 295 g/mol. The lowest BCUT2D eigenvalue weighted by Gasteiger charge is -2.09. The predicted octanol–water partition coefficient (Wildman–Crippen LogP) is 2.95. The summed E-state index contributed by atoms with van der Waals surface area (Å²) in [5.74, 6) is -0.435. The standard InChI is InChI=1S/C13H12ClFN4O/c1-2-16-12-10(5-9(15)7-18-12)13(20)19-11-4-3-8(14)6-17-11/h3-7H,2H2,1H3,(H,16,18)(H,17,19,20). The molecule has 0 saturated carbocycles. The van der Waals surface area contributed by atoms with Crippen LogP contribution in [0.4, 0.5) is 16.0 Å². The molecule has 0 bridgehead atoms.